The summed E-state index contributed by atoms with van der Waals surface area (Å²) in [4.78, 5) is 0. The molecule has 0 radical (unpaired) electrons. The first-order valence-corrected chi connectivity index (χ1v) is 11.4. The Morgan fingerprint density at radius 2 is 1.25 bits per heavy atom. The summed E-state index contributed by atoms with van der Waals surface area (Å²) in [5.41, 5.74) is 0. The van der Waals surface area contributed by atoms with Gasteiger partial charge in [0.25, 0.3) is 0 Å². The Labute approximate surface area is 205 Å². The maximum absolute atomic E-state index is 3.36. The number of allylic oxidation sites excluding steroid dienone is 4. The Balaban J connectivity index is -0.000000177. The van der Waals surface area contributed by atoms with Gasteiger partial charge in [-0.3, -0.25) is 6.08 Å². The minimum absolute atomic E-state index is 0. The topological polar surface area (TPSA) is 0 Å². The molecule has 0 fully saturated rings. The molecule has 4 heteroatoms. The fraction of sp³-hybridized carbons (Fsp3) is 0.208. The van der Waals surface area contributed by atoms with E-state index in [-0.39, 0.29) is 73.3 Å². The fourth-order valence-corrected chi connectivity index (χ4v) is 4.07. The molecular weight excluding hydrogens is 478 g/mol. The molecule has 0 saturated carbocycles. The van der Waals surface area contributed by atoms with E-state index in [0.29, 0.717) is 0 Å². The maximum Gasteiger partial charge on any atom is 2.00 e. The summed E-state index contributed by atoms with van der Waals surface area (Å²) in [7, 11) is -1.01. The van der Waals surface area contributed by atoms with Gasteiger partial charge in [0, 0.05) is 8.07 Å². The van der Waals surface area contributed by atoms with Crippen LogP contribution in [0, 0.1) is 20.9 Å². The largest absolute Gasteiger partial charge is 2.00 e. The summed E-state index contributed by atoms with van der Waals surface area (Å²) >= 11 is 0. The van der Waals surface area contributed by atoms with Crippen LogP contribution in [0.15, 0.2) is 71.9 Å². The summed E-state index contributed by atoms with van der Waals surface area (Å²) in [6, 6.07) is 19.3. The minimum Gasteiger partial charge on any atom is -1.00 e. The number of benzene rings is 2. The van der Waals surface area contributed by atoms with Crippen molar-refractivity contribution in [3.8, 4) is 0 Å². The minimum atomic E-state index is -1.01. The second kappa shape index (κ2) is 15.3. The standard InChI is InChI=1S/C13H9.C8H13Si.CH4.2CH3.2ClH.Zr/c1-3-7-12-10(5-1)9-11-6-2-4-8-13(11)12;1-9(2,3)8-6-4-5-7-8;;;;;;/h1-9H;4,6H,5H2,1-3H3;1H4;2*1H3;2*1H;/q2*-1;;2*-1;;;+2/p-2. The zero-order chi connectivity index (χ0) is 15.6. The summed E-state index contributed by atoms with van der Waals surface area (Å²) in [6.45, 7) is 7.06. The van der Waals surface area contributed by atoms with E-state index >= 15 is 0 Å². The molecule has 0 saturated heterocycles. The second-order valence-corrected chi connectivity index (χ2v) is 11.8. The maximum atomic E-state index is 3.36. The SMILES string of the molecule is C.C[Si](C)(C)C1=[C-]CC=C1.[CH3-].[CH3-].[Cl-].[Cl-].[Zr+2].c1ccc2c(c1)[cH-]c1ccccc12. The average molecular weight is 511 g/mol. The van der Waals surface area contributed by atoms with Crippen molar-refractivity contribution in [3.63, 3.8) is 0 Å². The first-order valence-electron chi connectivity index (χ1n) is 7.87. The molecule has 3 aromatic rings. The number of hydrogen-bond donors (Lipinski definition) is 0. The van der Waals surface area contributed by atoms with Crippen molar-refractivity contribution in [2.24, 2.45) is 0 Å². The molecule has 0 spiro atoms. The molecular formula is C24H32Cl2SiZr-4. The number of rotatable bonds is 1. The monoisotopic (exact) mass is 508 g/mol. The van der Waals surface area contributed by atoms with Gasteiger partial charge in [-0.25, -0.2) is 11.3 Å². The first kappa shape index (κ1) is 34.9. The van der Waals surface area contributed by atoms with Crippen LogP contribution < -0.4 is 24.8 Å². The van der Waals surface area contributed by atoms with Crippen LogP contribution in [0.4, 0.5) is 0 Å². The van der Waals surface area contributed by atoms with Gasteiger partial charge in [-0.15, -0.1) is 46.2 Å². The van der Waals surface area contributed by atoms with Crippen molar-refractivity contribution in [2.45, 2.75) is 33.5 Å². The van der Waals surface area contributed by atoms with E-state index in [1.165, 1.54) is 26.7 Å². The zero-order valence-electron chi connectivity index (χ0n) is 16.8. The van der Waals surface area contributed by atoms with Gasteiger partial charge in [-0.1, -0.05) is 63.5 Å². The van der Waals surface area contributed by atoms with E-state index in [4.69, 9.17) is 0 Å². The Hall–Kier alpha value is -0.530. The van der Waals surface area contributed by atoms with Crippen LogP contribution in [0.5, 0.6) is 0 Å². The third kappa shape index (κ3) is 8.46. The van der Waals surface area contributed by atoms with Gasteiger partial charge in [0.2, 0.25) is 0 Å². The Morgan fingerprint density at radius 3 is 1.57 bits per heavy atom. The average Bonchev–Trinajstić information content (AvgIpc) is 3.15. The summed E-state index contributed by atoms with van der Waals surface area (Å²) in [6.07, 6.45) is 8.82. The van der Waals surface area contributed by atoms with Gasteiger partial charge in [-0.05, 0) is 0 Å². The molecule has 28 heavy (non-hydrogen) atoms. The molecule has 0 unspecified atom stereocenters. The molecule has 0 amide bonds. The van der Waals surface area contributed by atoms with Crippen LogP contribution in [0.2, 0.25) is 19.6 Å². The van der Waals surface area contributed by atoms with Crippen LogP contribution in [-0.4, -0.2) is 8.07 Å². The van der Waals surface area contributed by atoms with E-state index in [1.54, 1.807) is 0 Å². The van der Waals surface area contributed by atoms with Gasteiger partial charge < -0.3 is 39.7 Å². The van der Waals surface area contributed by atoms with Crippen LogP contribution in [0.1, 0.15) is 13.8 Å². The third-order valence-corrected chi connectivity index (χ3v) is 5.99. The first-order chi connectivity index (χ1) is 10.6. The summed E-state index contributed by atoms with van der Waals surface area (Å²) in [5, 5.41) is 6.88. The molecule has 0 N–H and O–H groups in total. The van der Waals surface area contributed by atoms with Crippen molar-refractivity contribution < 1.29 is 51.0 Å². The predicted octanol–water partition coefficient (Wildman–Crippen LogP) is 1.81. The number of halogens is 2. The van der Waals surface area contributed by atoms with Crippen LogP contribution in [-0.2, 0) is 26.2 Å². The van der Waals surface area contributed by atoms with Crippen molar-refractivity contribution in [1.82, 2.24) is 0 Å². The molecule has 0 bridgehead atoms. The quantitative estimate of drug-likeness (QED) is 0.346. The number of hydrogen-bond acceptors (Lipinski definition) is 0. The van der Waals surface area contributed by atoms with E-state index < -0.39 is 8.07 Å². The molecule has 0 nitrogen and oxygen atoms in total. The van der Waals surface area contributed by atoms with E-state index in [1.807, 2.05) is 0 Å². The van der Waals surface area contributed by atoms with Gasteiger partial charge in [-0.2, -0.15) is 6.08 Å². The van der Waals surface area contributed by atoms with Crippen molar-refractivity contribution in [3.05, 3.63) is 92.9 Å². The molecule has 1 aliphatic rings. The summed E-state index contributed by atoms with van der Waals surface area (Å²) < 4.78 is 0. The van der Waals surface area contributed by atoms with E-state index in [2.05, 4.69) is 92.5 Å². The van der Waals surface area contributed by atoms with Crippen molar-refractivity contribution >= 4 is 29.6 Å². The molecule has 0 atom stereocenters. The number of fused-ring (bicyclic) bond motifs is 3. The van der Waals surface area contributed by atoms with Gasteiger partial charge in [0.1, 0.15) is 0 Å². The van der Waals surface area contributed by atoms with Crippen molar-refractivity contribution in [1.29, 1.82) is 0 Å². The van der Waals surface area contributed by atoms with Gasteiger partial charge >= 0.3 is 26.2 Å². The van der Waals surface area contributed by atoms with E-state index in [0.717, 1.165) is 6.42 Å². The molecule has 1 aliphatic carbocycles. The summed E-state index contributed by atoms with van der Waals surface area (Å²) in [5.74, 6) is 0. The Kier molecular flexibility index (Phi) is 19.1. The molecule has 0 aliphatic heterocycles. The van der Waals surface area contributed by atoms with Gasteiger partial charge in [0.05, 0.1) is 0 Å². The van der Waals surface area contributed by atoms with Gasteiger partial charge in [0.15, 0.2) is 0 Å². The molecule has 154 valence electrons. The molecule has 0 heterocycles. The molecule has 0 aromatic heterocycles. The normalized spacial score (nSPS) is 11.0. The predicted molar refractivity (Wildman–Crippen MR) is 120 cm³/mol. The van der Waals surface area contributed by atoms with Crippen LogP contribution >= 0.6 is 0 Å². The Bertz CT molecular complexity index is 807. The van der Waals surface area contributed by atoms with E-state index in [9.17, 15) is 0 Å². The van der Waals surface area contributed by atoms with Crippen molar-refractivity contribution in [2.75, 3.05) is 0 Å². The molecule has 3 aromatic carbocycles. The smallest absolute Gasteiger partial charge is 1.00 e. The molecule has 4 rings (SSSR count). The van der Waals surface area contributed by atoms with Crippen LogP contribution in [0.3, 0.4) is 0 Å². The Morgan fingerprint density at radius 1 is 0.821 bits per heavy atom. The van der Waals surface area contributed by atoms with Crippen LogP contribution in [0.25, 0.3) is 21.5 Å². The third-order valence-electron chi connectivity index (χ3n) is 4.03. The second-order valence-electron chi connectivity index (χ2n) is 6.77. The fourth-order valence-electron chi connectivity index (χ4n) is 2.82. The zero-order valence-corrected chi connectivity index (χ0v) is 21.8.